The van der Waals surface area contributed by atoms with Gasteiger partial charge in [-0.05, 0) is 31.7 Å². The minimum absolute atomic E-state index is 0.565. The molecule has 3 rings (SSSR count). The van der Waals surface area contributed by atoms with E-state index >= 15 is 0 Å². The zero-order valence-corrected chi connectivity index (χ0v) is 14.6. The van der Waals surface area contributed by atoms with E-state index in [1.165, 1.54) is 9.88 Å². The molecule has 5 nitrogen and oxygen atoms in total. The summed E-state index contributed by atoms with van der Waals surface area (Å²) < 4.78 is 16.8. The van der Waals surface area contributed by atoms with Crippen molar-refractivity contribution in [3.8, 4) is 17.2 Å². The lowest BCUT2D eigenvalue weighted by molar-refractivity contribution is 0.164. The predicted molar refractivity (Wildman–Crippen MR) is 90.9 cm³/mol. The fourth-order valence-electron chi connectivity index (χ4n) is 2.61. The number of likely N-dealkylation sites (N-methyl/N-ethyl adjacent to an activating group) is 1. The van der Waals surface area contributed by atoms with Gasteiger partial charge in [0, 0.05) is 30.6 Å². The maximum Gasteiger partial charge on any atom is 0.203 e. The van der Waals surface area contributed by atoms with Crippen LogP contribution in [-0.2, 0) is 13.0 Å². The predicted octanol–water partition coefficient (Wildman–Crippen LogP) is 2.91. The third kappa shape index (κ3) is 3.95. The van der Waals surface area contributed by atoms with Crippen molar-refractivity contribution in [2.24, 2.45) is 0 Å². The molecule has 1 aliphatic heterocycles. The standard InChI is InChI=1S/C17H22N2O3S/c1-12-10-18-16(23-12)4-5-19(2)11-13-8-14(20-3)17-15(9-13)21-6-7-22-17/h8-10H,4-7,11H2,1-3H3. The number of aryl methyl sites for hydroxylation is 1. The molecule has 0 amide bonds. The number of aromatic nitrogens is 1. The molecular formula is C17H22N2O3S. The average Bonchev–Trinajstić information content (AvgIpc) is 2.97. The van der Waals surface area contributed by atoms with Crippen LogP contribution in [0.15, 0.2) is 18.3 Å². The van der Waals surface area contributed by atoms with E-state index in [4.69, 9.17) is 14.2 Å². The molecule has 23 heavy (non-hydrogen) atoms. The summed E-state index contributed by atoms with van der Waals surface area (Å²) in [6.45, 7) is 5.03. The zero-order valence-electron chi connectivity index (χ0n) is 13.8. The molecule has 124 valence electrons. The fraction of sp³-hybridized carbons (Fsp3) is 0.471. The first-order chi connectivity index (χ1) is 11.2. The van der Waals surface area contributed by atoms with Crippen LogP contribution in [0.4, 0.5) is 0 Å². The first-order valence-corrected chi connectivity index (χ1v) is 8.53. The van der Waals surface area contributed by atoms with Crippen molar-refractivity contribution in [1.82, 2.24) is 9.88 Å². The van der Waals surface area contributed by atoms with E-state index in [1.807, 2.05) is 18.3 Å². The van der Waals surface area contributed by atoms with Crippen molar-refractivity contribution in [3.63, 3.8) is 0 Å². The third-order valence-electron chi connectivity index (χ3n) is 3.72. The molecule has 0 bridgehead atoms. The van der Waals surface area contributed by atoms with Crippen LogP contribution in [0.1, 0.15) is 15.4 Å². The molecule has 0 saturated heterocycles. The average molecular weight is 334 g/mol. The van der Waals surface area contributed by atoms with E-state index in [-0.39, 0.29) is 0 Å². The highest BCUT2D eigenvalue weighted by atomic mass is 32.1. The smallest absolute Gasteiger partial charge is 0.203 e. The van der Waals surface area contributed by atoms with Crippen LogP contribution in [0.2, 0.25) is 0 Å². The highest BCUT2D eigenvalue weighted by Crippen LogP contribution is 2.40. The SMILES string of the molecule is COc1cc(CN(C)CCc2ncc(C)s2)cc2c1OCCO2. The Bertz CT molecular complexity index is 655. The first-order valence-electron chi connectivity index (χ1n) is 7.72. The van der Waals surface area contributed by atoms with E-state index in [2.05, 4.69) is 23.9 Å². The van der Waals surface area contributed by atoms with Gasteiger partial charge in [0.25, 0.3) is 0 Å². The molecule has 1 aromatic heterocycles. The molecule has 0 unspecified atom stereocenters. The number of benzene rings is 1. The van der Waals surface area contributed by atoms with E-state index in [0.29, 0.717) is 19.0 Å². The molecule has 0 saturated carbocycles. The summed E-state index contributed by atoms with van der Waals surface area (Å²) in [5.74, 6) is 2.22. The Morgan fingerprint density at radius 3 is 2.87 bits per heavy atom. The summed E-state index contributed by atoms with van der Waals surface area (Å²) in [4.78, 5) is 7.96. The fourth-order valence-corrected chi connectivity index (χ4v) is 3.39. The van der Waals surface area contributed by atoms with Gasteiger partial charge in [-0.15, -0.1) is 11.3 Å². The molecular weight excluding hydrogens is 312 g/mol. The van der Waals surface area contributed by atoms with Gasteiger partial charge in [-0.3, -0.25) is 0 Å². The minimum atomic E-state index is 0.565. The Kier molecular flexibility index (Phi) is 5.03. The number of methoxy groups -OCH3 is 1. The van der Waals surface area contributed by atoms with Crippen molar-refractivity contribution >= 4 is 11.3 Å². The maximum atomic E-state index is 5.69. The number of hydrogen-bond acceptors (Lipinski definition) is 6. The second-order valence-electron chi connectivity index (χ2n) is 5.67. The molecule has 6 heteroatoms. The van der Waals surface area contributed by atoms with Crippen molar-refractivity contribution in [3.05, 3.63) is 33.8 Å². The molecule has 0 N–H and O–H groups in total. The van der Waals surface area contributed by atoms with E-state index in [1.54, 1.807) is 18.4 Å². The molecule has 0 atom stereocenters. The van der Waals surface area contributed by atoms with Crippen molar-refractivity contribution in [2.45, 2.75) is 19.9 Å². The van der Waals surface area contributed by atoms with Crippen LogP contribution in [0.5, 0.6) is 17.2 Å². The molecule has 1 aromatic carbocycles. The normalized spacial score (nSPS) is 13.4. The quantitative estimate of drug-likeness (QED) is 0.813. The Labute approximate surface area is 140 Å². The minimum Gasteiger partial charge on any atom is -0.493 e. The van der Waals surface area contributed by atoms with E-state index in [0.717, 1.165) is 36.6 Å². The van der Waals surface area contributed by atoms with Crippen LogP contribution >= 0.6 is 11.3 Å². The van der Waals surface area contributed by atoms with Gasteiger partial charge in [-0.25, -0.2) is 4.98 Å². The monoisotopic (exact) mass is 334 g/mol. The summed E-state index contributed by atoms with van der Waals surface area (Å²) in [6.07, 6.45) is 2.91. The number of hydrogen-bond donors (Lipinski definition) is 0. The van der Waals surface area contributed by atoms with Crippen LogP contribution < -0.4 is 14.2 Å². The Hall–Kier alpha value is -1.79. The van der Waals surface area contributed by atoms with Crippen molar-refractivity contribution < 1.29 is 14.2 Å². The second kappa shape index (κ2) is 7.19. The van der Waals surface area contributed by atoms with Gasteiger partial charge in [0.05, 0.1) is 12.1 Å². The van der Waals surface area contributed by atoms with Gasteiger partial charge < -0.3 is 19.1 Å². The van der Waals surface area contributed by atoms with E-state index < -0.39 is 0 Å². The summed E-state index contributed by atoms with van der Waals surface area (Å²) >= 11 is 1.77. The number of fused-ring (bicyclic) bond motifs is 1. The molecule has 2 heterocycles. The Balaban J connectivity index is 1.64. The highest BCUT2D eigenvalue weighted by molar-refractivity contribution is 7.11. The largest absolute Gasteiger partial charge is 0.493 e. The lowest BCUT2D eigenvalue weighted by Gasteiger charge is -2.23. The topological polar surface area (TPSA) is 43.8 Å². The first kappa shape index (κ1) is 16.1. The summed E-state index contributed by atoms with van der Waals surface area (Å²) in [5, 5.41) is 1.19. The molecule has 0 aliphatic carbocycles. The number of rotatable bonds is 6. The van der Waals surface area contributed by atoms with Crippen molar-refractivity contribution in [1.29, 1.82) is 0 Å². The lowest BCUT2D eigenvalue weighted by atomic mass is 10.1. The molecule has 1 aliphatic rings. The summed E-state index contributed by atoms with van der Waals surface area (Å²) in [6, 6.07) is 4.07. The van der Waals surface area contributed by atoms with Gasteiger partial charge in [-0.2, -0.15) is 0 Å². The highest BCUT2D eigenvalue weighted by Gasteiger charge is 2.18. The van der Waals surface area contributed by atoms with Gasteiger partial charge >= 0.3 is 0 Å². The van der Waals surface area contributed by atoms with Gasteiger partial charge in [0.1, 0.15) is 13.2 Å². The van der Waals surface area contributed by atoms with Gasteiger partial charge in [-0.1, -0.05) is 0 Å². The molecule has 0 spiro atoms. The van der Waals surface area contributed by atoms with Gasteiger partial charge in [0.15, 0.2) is 11.5 Å². The molecule has 2 aromatic rings. The molecule has 0 fully saturated rings. The van der Waals surface area contributed by atoms with Crippen LogP contribution in [0, 0.1) is 6.92 Å². The number of nitrogens with zero attached hydrogens (tertiary/aromatic N) is 2. The second-order valence-corrected chi connectivity index (χ2v) is 6.99. The van der Waals surface area contributed by atoms with Gasteiger partial charge in [0.2, 0.25) is 5.75 Å². The van der Waals surface area contributed by atoms with E-state index in [9.17, 15) is 0 Å². The maximum absolute atomic E-state index is 5.69. The third-order valence-corrected chi connectivity index (χ3v) is 4.69. The molecule has 0 radical (unpaired) electrons. The number of thiazole rings is 1. The Morgan fingerprint density at radius 2 is 2.13 bits per heavy atom. The zero-order chi connectivity index (χ0) is 16.2. The summed E-state index contributed by atoms with van der Waals surface area (Å²) in [5.41, 5.74) is 1.16. The summed E-state index contributed by atoms with van der Waals surface area (Å²) in [7, 11) is 3.77. The Morgan fingerprint density at radius 1 is 1.30 bits per heavy atom. The van der Waals surface area contributed by atoms with Crippen LogP contribution in [-0.4, -0.2) is 43.8 Å². The van der Waals surface area contributed by atoms with Crippen molar-refractivity contribution in [2.75, 3.05) is 33.9 Å². The number of ether oxygens (including phenoxy) is 3. The van der Waals surface area contributed by atoms with Crippen LogP contribution in [0.25, 0.3) is 0 Å². The van der Waals surface area contributed by atoms with Crippen LogP contribution in [0.3, 0.4) is 0 Å². The lowest BCUT2D eigenvalue weighted by Crippen LogP contribution is -2.21.